The smallest absolute Gasteiger partial charge is 0.355 e. The summed E-state index contributed by atoms with van der Waals surface area (Å²) in [5.41, 5.74) is 2.16. The number of aromatic nitrogens is 4. The average molecular weight is 691 g/mol. The number of para-hydroxylation sites is 1. The lowest BCUT2D eigenvalue weighted by atomic mass is 10.1. The molecular weight excluding hydrogens is 656 g/mol. The highest BCUT2D eigenvalue weighted by atomic mass is 32.1. The number of hydrogen-bond acceptors (Lipinski definition) is 12. The zero-order chi connectivity index (χ0) is 34.0. The van der Waals surface area contributed by atoms with E-state index in [1.807, 2.05) is 49.1 Å². The Kier molecular flexibility index (Phi) is 11.8. The maximum atomic E-state index is 14.5. The van der Waals surface area contributed by atoms with Crippen LogP contribution in [0.5, 0.6) is 5.75 Å². The van der Waals surface area contributed by atoms with Crippen molar-refractivity contribution in [2.24, 2.45) is 0 Å². The van der Waals surface area contributed by atoms with Crippen LogP contribution in [0.25, 0.3) is 16.3 Å². The van der Waals surface area contributed by atoms with E-state index in [1.165, 1.54) is 47.0 Å². The number of thiazole rings is 2. The standard InChI is InChI=1S/C34H35FN6O5S2/c1-3-23(43)10-6-16-41(29-19-21(2)31(40-39-29)38-33-36-25-11-4-5-12-27(25)47-33)34-37-30(32(44)45)28(48-34)13-8-18-46-26-15-14-22(9-7-17-42)20-24(26)35/h4-5,7,9,11-12,14-15,17,19-20,23,43H,3,6,8,10,13,16,18H2,1-2H3,(H,44,45)(H,36,38,40)/b9-7+. The third-order valence-corrected chi connectivity index (χ3v) is 9.50. The van der Waals surface area contributed by atoms with Gasteiger partial charge in [0.2, 0.25) is 0 Å². The number of aldehydes is 1. The van der Waals surface area contributed by atoms with Gasteiger partial charge in [-0.1, -0.05) is 42.5 Å². The molecule has 3 heterocycles. The quantitative estimate of drug-likeness (QED) is 0.0511. The molecule has 3 N–H and O–H groups in total. The van der Waals surface area contributed by atoms with Gasteiger partial charge in [0.1, 0.15) is 6.29 Å². The summed E-state index contributed by atoms with van der Waals surface area (Å²) in [6.07, 6.45) is 5.50. The summed E-state index contributed by atoms with van der Waals surface area (Å²) in [5.74, 6) is -0.602. The normalized spacial score (nSPS) is 12.0. The number of aliphatic hydroxyl groups is 1. The number of aryl methyl sites for hydroxylation is 2. The zero-order valence-corrected chi connectivity index (χ0v) is 28.1. The molecule has 250 valence electrons. The Balaban J connectivity index is 1.32. The molecule has 3 aromatic heterocycles. The number of ether oxygens (including phenoxy) is 1. The first-order valence-electron chi connectivity index (χ1n) is 15.5. The molecule has 0 saturated heterocycles. The lowest BCUT2D eigenvalue weighted by molar-refractivity contribution is -0.104. The Bertz CT molecular complexity index is 1880. The number of nitrogens with zero attached hydrogens (tertiary/aromatic N) is 5. The molecule has 1 atom stereocenters. The average Bonchev–Trinajstić information content (AvgIpc) is 3.69. The first-order chi connectivity index (χ1) is 23.2. The number of carboxylic acid groups (broad SMARTS) is 1. The number of nitrogens with one attached hydrogen (secondary N) is 1. The van der Waals surface area contributed by atoms with Crippen molar-refractivity contribution in [3.8, 4) is 5.75 Å². The number of hydrogen-bond donors (Lipinski definition) is 3. The molecule has 5 aromatic rings. The summed E-state index contributed by atoms with van der Waals surface area (Å²) < 4.78 is 21.1. The van der Waals surface area contributed by atoms with E-state index in [9.17, 15) is 24.2 Å². The first kappa shape index (κ1) is 34.5. The van der Waals surface area contributed by atoms with Gasteiger partial charge in [-0.3, -0.25) is 4.79 Å². The van der Waals surface area contributed by atoms with Crippen molar-refractivity contribution < 1.29 is 28.9 Å². The van der Waals surface area contributed by atoms with Gasteiger partial charge in [-0.05, 0) is 86.6 Å². The molecule has 48 heavy (non-hydrogen) atoms. The summed E-state index contributed by atoms with van der Waals surface area (Å²) >= 11 is 2.76. The number of carboxylic acids is 1. The van der Waals surface area contributed by atoms with Crippen molar-refractivity contribution >= 4 is 73.1 Å². The second-order valence-electron chi connectivity index (χ2n) is 10.9. The van der Waals surface area contributed by atoms with Crippen molar-refractivity contribution in [1.82, 2.24) is 20.2 Å². The van der Waals surface area contributed by atoms with E-state index >= 15 is 0 Å². The monoisotopic (exact) mass is 690 g/mol. The second-order valence-corrected chi connectivity index (χ2v) is 13.0. The Labute approximate surface area is 284 Å². The van der Waals surface area contributed by atoms with Gasteiger partial charge in [-0.2, -0.15) is 0 Å². The van der Waals surface area contributed by atoms with Gasteiger partial charge in [0.05, 0.1) is 22.9 Å². The molecule has 0 aliphatic rings. The van der Waals surface area contributed by atoms with E-state index in [0.29, 0.717) is 77.3 Å². The molecule has 0 aliphatic heterocycles. The molecule has 0 amide bonds. The van der Waals surface area contributed by atoms with Crippen LogP contribution in [0.2, 0.25) is 0 Å². The number of carbonyl (C=O) groups excluding carboxylic acids is 1. The van der Waals surface area contributed by atoms with Crippen LogP contribution in [0, 0.1) is 12.7 Å². The first-order valence-corrected chi connectivity index (χ1v) is 17.1. The van der Waals surface area contributed by atoms with E-state index in [2.05, 4.69) is 25.5 Å². The molecule has 0 spiro atoms. The SMILES string of the molecule is CCC(O)CCCN(c1cc(C)c(Nc2nc3ccccc3s2)nn1)c1nc(C(=O)O)c(CCCOc2ccc(/C=C/C=O)cc2F)s1. The van der Waals surface area contributed by atoms with Gasteiger partial charge in [0.25, 0.3) is 0 Å². The van der Waals surface area contributed by atoms with Gasteiger partial charge in [0, 0.05) is 11.4 Å². The van der Waals surface area contributed by atoms with Crippen molar-refractivity contribution in [1.29, 1.82) is 0 Å². The van der Waals surface area contributed by atoms with Crippen LogP contribution in [-0.2, 0) is 11.2 Å². The second kappa shape index (κ2) is 16.4. The van der Waals surface area contributed by atoms with Crippen LogP contribution >= 0.6 is 22.7 Å². The van der Waals surface area contributed by atoms with Crippen molar-refractivity contribution in [2.75, 3.05) is 23.4 Å². The van der Waals surface area contributed by atoms with Gasteiger partial charge in [-0.15, -0.1) is 21.5 Å². The van der Waals surface area contributed by atoms with E-state index in [0.717, 1.165) is 15.8 Å². The minimum absolute atomic E-state index is 0.0649. The van der Waals surface area contributed by atoms with Crippen LogP contribution in [0.4, 0.5) is 26.3 Å². The van der Waals surface area contributed by atoms with Crippen LogP contribution in [0.15, 0.2) is 54.6 Å². The highest BCUT2D eigenvalue weighted by Gasteiger charge is 2.23. The number of allylic oxidation sites excluding steroid dienone is 1. The number of carbonyl (C=O) groups is 2. The Hall–Kier alpha value is -4.79. The van der Waals surface area contributed by atoms with E-state index in [4.69, 9.17) is 4.74 Å². The molecule has 1 unspecified atom stereocenters. The van der Waals surface area contributed by atoms with Crippen LogP contribution in [0.3, 0.4) is 0 Å². The minimum atomic E-state index is -1.16. The van der Waals surface area contributed by atoms with Crippen molar-refractivity contribution in [3.63, 3.8) is 0 Å². The molecule has 14 heteroatoms. The lowest BCUT2D eigenvalue weighted by Crippen LogP contribution is -2.22. The molecule has 2 aromatic carbocycles. The Morgan fingerprint density at radius 2 is 1.96 bits per heavy atom. The van der Waals surface area contributed by atoms with Crippen LogP contribution in [-0.4, -0.2) is 61.9 Å². The van der Waals surface area contributed by atoms with Gasteiger partial charge >= 0.3 is 5.97 Å². The number of fused-ring (bicyclic) bond motifs is 1. The fourth-order valence-corrected chi connectivity index (χ4v) is 6.84. The molecule has 0 saturated carbocycles. The van der Waals surface area contributed by atoms with E-state index in [1.54, 1.807) is 6.07 Å². The molecule has 0 radical (unpaired) electrons. The predicted octanol–water partition coefficient (Wildman–Crippen LogP) is 7.35. The highest BCUT2D eigenvalue weighted by molar-refractivity contribution is 7.22. The van der Waals surface area contributed by atoms with Crippen LogP contribution < -0.4 is 15.0 Å². The third kappa shape index (κ3) is 8.76. The van der Waals surface area contributed by atoms with E-state index < -0.39 is 17.9 Å². The van der Waals surface area contributed by atoms with Gasteiger partial charge in [-0.25, -0.2) is 19.2 Å². The number of rotatable bonds is 17. The molecular formula is C34H35FN6O5S2. The Morgan fingerprint density at radius 3 is 2.69 bits per heavy atom. The van der Waals surface area contributed by atoms with Gasteiger partial charge in [0.15, 0.2) is 39.2 Å². The maximum absolute atomic E-state index is 14.5. The maximum Gasteiger partial charge on any atom is 0.355 e. The number of halogens is 1. The van der Waals surface area contributed by atoms with E-state index in [-0.39, 0.29) is 18.1 Å². The van der Waals surface area contributed by atoms with Crippen molar-refractivity contribution in [2.45, 2.75) is 52.1 Å². The van der Waals surface area contributed by atoms with Crippen LogP contribution in [0.1, 0.15) is 59.1 Å². The van der Waals surface area contributed by atoms with Crippen molar-refractivity contribution in [3.05, 3.63) is 82.1 Å². The molecule has 5 rings (SSSR count). The lowest BCUT2D eigenvalue weighted by Gasteiger charge is -2.22. The fourth-order valence-electron chi connectivity index (χ4n) is 4.85. The predicted molar refractivity (Wildman–Crippen MR) is 187 cm³/mol. The fraction of sp³-hybridized carbons (Fsp3) is 0.294. The summed E-state index contributed by atoms with van der Waals surface area (Å²) in [6.45, 7) is 4.41. The largest absolute Gasteiger partial charge is 0.491 e. The highest BCUT2D eigenvalue weighted by Crippen LogP contribution is 2.34. The summed E-state index contributed by atoms with van der Waals surface area (Å²) in [6, 6.07) is 14.1. The van der Waals surface area contributed by atoms with Gasteiger partial charge < -0.3 is 25.2 Å². The molecule has 0 fully saturated rings. The number of anilines is 4. The molecule has 11 nitrogen and oxygen atoms in total. The third-order valence-electron chi connectivity index (χ3n) is 7.41. The summed E-state index contributed by atoms with van der Waals surface area (Å²) in [7, 11) is 0. The number of aromatic carboxylic acids is 1. The summed E-state index contributed by atoms with van der Waals surface area (Å²) in [5, 5.41) is 33.5. The number of aliphatic hydroxyl groups excluding tert-OH is 1. The zero-order valence-electron chi connectivity index (χ0n) is 26.4. The topological polar surface area (TPSA) is 151 Å². The summed E-state index contributed by atoms with van der Waals surface area (Å²) in [4.78, 5) is 34.2. The number of benzene rings is 2. The molecule has 0 bridgehead atoms. The molecule has 0 aliphatic carbocycles. The minimum Gasteiger partial charge on any atom is -0.491 e. The Morgan fingerprint density at radius 1 is 1.12 bits per heavy atom.